The summed E-state index contributed by atoms with van der Waals surface area (Å²) in [4.78, 5) is 23.7. The number of ether oxygens (including phenoxy) is 1. The van der Waals surface area contributed by atoms with E-state index in [4.69, 9.17) is 9.15 Å². The molecule has 0 spiro atoms. The average molecular weight is 300 g/mol. The highest BCUT2D eigenvalue weighted by Gasteiger charge is 2.20. The first kappa shape index (κ1) is 16.0. The van der Waals surface area contributed by atoms with Crippen molar-refractivity contribution in [3.8, 4) is 11.3 Å². The number of esters is 1. The van der Waals surface area contributed by atoms with Crippen molar-refractivity contribution in [2.24, 2.45) is 0 Å². The van der Waals surface area contributed by atoms with Gasteiger partial charge in [0.2, 0.25) is 0 Å². The summed E-state index contributed by atoms with van der Waals surface area (Å²) in [5, 5.41) is 0. The molecule has 0 saturated heterocycles. The monoisotopic (exact) mass is 300 g/mol. The number of carbonyl (C=O) groups excluding carboxylic acids is 2. The summed E-state index contributed by atoms with van der Waals surface area (Å²) in [6.07, 6.45) is 0.337. The molecule has 116 valence electrons. The summed E-state index contributed by atoms with van der Waals surface area (Å²) in [7, 11) is 0. The van der Waals surface area contributed by atoms with Crippen molar-refractivity contribution in [1.82, 2.24) is 0 Å². The molecule has 1 aromatic carbocycles. The molecule has 0 atom stereocenters. The van der Waals surface area contributed by atoms with Gasteiger partial charge in [-0.15, -0.1) is 0 Å². The lowest BCUT2D eigenvalue weighted by Crippen LogP contribution is -2.11. The molecule has 0 saturated carbocycles. The van der Waals surface area contributed by atoms with E-state index in [9.17, 15) is 9.59 Å². The molecule has 4 nitrogen and oxygen atoms in total. The summed E-state index contributed by atoms with van der Waals surface area (Å²) < 4.78 is 10.6. The van der Waals surface area contributed by atoms with Gasteiger partial charge in [-0.2, -0.15) is 0 Å². The van der Waals surface area contributed by atoms with Crippen molar-refractivity contribution in [1.29, 1.82) is 0 Å². The van der Waals surface area contributed by atoms with Gasteiger partial charge in [-0.3, -0.25) is 9.59 Å². The molecule has 0 radical (unpaired) electrons. The second kappa shape index (κ2) is 7.07. The van der Waals surface area contributed by atoms with E-state index in [1.54, 1.807) is 13.0 Å². The van der Waals surface area contributed by atoms with Crippen molar-refractivity contribution in [2.45, 2.75) is 33.6 Å². The molecule has 1 heterocycles. The highest BCUT2D eigenvalue weighted by molar-refractivity contribution is 6.07. The molecule has 0 bridgehead atoms. The van der Waals surface area contributed by atoms with Crippen LogP contribution in [-0.2, 0) is 16.0 Å². The van der Waals surface area contributed by atoms with E-state index in [2.05, 4.69) is 0 Å². The smallest absolute Gasteiger partial charge is 0.313 e. The first-order valence-corrected chi connectivity index (χ1v) is 7.43. The van der Waals surface area contributed by atoms with Gasteiger partial charge in [0.1, 0.15) is 17.9 Å². The Morgan fingerprint density at radius 3 is 2.41 bits per heavy atom. The zero-order valence-electron chi connectivity index (χ0n) is 13.1. The average Bonchev–Trinajstić information content (AvgIpc) is 2.92. The van der Waals surface area contributed by atoms with E-state index in [-0.39, 0.29) is 18.8 Å². The van der Waals surface area contributed by atoms with E-state index in [0.717, 1.165) is 11.1 Å². The number of furan rings is 1. The number of ketones is 1. The van der Waals surface area contributed by atoms with Gasteiger partial charge in [0.25, 0.3) is 0 Å². The van der Waals surface area contributed by atoms with Crippen molar-refractivity contribution < 1.29 is 18.7 Å². The van der Waals surface area contributed by atoms with Gasteiger partial charge in [-0.05, 0) is 19.9 Å². The Morgan fingerprint density at radius 1 is 1.14 bits per heavy atom. The minimum absolute atomic E-state index is 0.256. The summed E-state index contributed by atoms with van der Waals surface area (Å²) >= 11 is 0. The number of aryl methyl sites for hydroxylation is 2. The van der Waals surface area contributed by atoms with Crippen molar-refractivity contribution in [2.75, 3.05) is 6.61 Å². The van der Waals surface area contributed by atoms with Gasteiger partial charge in [0.05, 0.1) is 12.2 Å². The molecule has 0 unspecified atom stereocenters. The van der Waals surface area contributed by atoms with Gasteiger partial charge in [0, 0.05) is 12.0 Å². The number of benzene rings is 1. The molecule has 2 rings (SSSR count). The van der Waals surface area contributed by atoms with Crippen LogP contribution < -0.4 is 0 Å². The minimum Gasteiger partial charge on any atom is -0.466 e. The van der Waals surface area contributed by atoms with Crippen molar-refractivity contribution >= 4 is 11.8 Å². The standard InChI is InChI=1S/C18H20O4/c1-4-16-14(15(19)11-18(20)21-5-2)10-17(22-16)13-8-6-12(3)7-9-13/h6-10H,4-5,11H2,1-3H3. The maximum atomic E-state index is 12.2. The Kier molecular flexibility index (Phi) is 5.15. The minimum atomic E-state index is -0.507. The maximum absolute atomic E-state index is 12.2. The predicted molar refractivity (Wildman–Crippen MR) is 83.8 cm³/mol. The number of hydrogen-bond donors (Lipinski definition) is 0. The predicted octanol–water partition coefficient (Wildman–Crippen LogP) is 3.95. The Hall–Kier alpha value is -2.36. The van der Waals surface area contributed by atoms with E-state index >= 15 is 0 Å². The fourth-order valence-electron chi connectivity index (χ4n) is 2.23. The molecule has 4 heteroatoms. The molecule has 0 amide bonds. The topological polar surface area (TPSA) is 56.5 Å². The van der Waals surface area contributed by atoms with Crippen LogP contribution in [0.25, 0.3) is 11.3 Å². The highest BCUT2D eigenvalue weighted by Crippen LogP contribution is 2.27. The molecule has 0 aliphatic carbocycles. The van der Waals surface area contributed by atoms with E-state index in [0.29, 0.717) is 23.5 Å². The fourth-order valence-corrected chi connectivity index (χ4v) is 2.23. The number of rotatable bonds is 6. The Morgan fingerprint density at radius 2 is 1.82 bits per heavy atom. The third kappa shape index (κ3) is 3.64. The van der Waals surface area contributed by atoms with Gasteiger partial charge in [0.15, 0.2) is 5.78 Å². The van der Waals surface area contributed by atoms with Crippen LogP contribution in [0.15, 0.2) is 34.7 Å². The van der Waals surface area contributed by atoms with Gasteiger partial charge >= 0.3 is 5.97 Å². The second-order valence-electron chi connectivity index (χ2n) is 5.07. The Labute approximate surface area is 130 Å². The summed E-state index contributed by atoms with van der Waals surface area (Å²) in [5.41, 5.74) is 2.53. The van der Waals surface area contributed by atoms with Crippen molar-refractivity contribution in [3.05, 3.63) is 47.2 Å². The molecule has 0 N–H and O–H groups in total. The molecule has 0 fully saturated rings. The molecular formula is C18H20O4. The molecule has 0 aliphatic rings. The normalized spacial score (nSPS) is 10.5. The van der Waals surface area contributed by atoms with E-state index in [1.807, 2.05) is 38.1 Å². The highest BCUT2D eigenvalue weighted by atomic mass is 16.5. The first-order valence-electron chi connectivity index (χ1n) is 7.43. The number of Topliss-reactive ketones (excluding diaryl/α,β-unsaturated/α-hetero) is 1. The summed E-state index contributed by atoms with van der Waals surface area (Å²) in [6.45, 7) is 5.91. The van der Waals surface area contributed by atoms with Crippen molar-refractivity contribution in [3.63, 3.8) is 0 Å². The van der Waals surface area contributed by atoms with Gasteiger partial charge in [-0.25, -0.2) is 0 Å². The second-order valence-corrected chi connectivity index (χ2v) is 5.07. The zero-order chi connectivity index (χ0) is 16.1. The molecule has 2 aromatic rings. The summed E-state index contributed by atoms with van der Waals surface area (Å²) in [5.74, 6) is 0.471. The Balaban J connectivity index is 2.27. The SMILES string of the molecule is CCOC(=O)CC(=O)c1cc(-c2ccc(C)cc2)oc1CC. The zero-order valence-corrected chi connectivity index (χ0v) is 13.1. The quantitative estimate of drug-likeness (QED) is 0.460. The van der Waals surface area contributed by atoms with Crippen LogP contribution in [0.1, 0.15) is 41.9 Å². The van der Waals surface area contributed by atoms with Crippen LogP contribution in [0.3, 0.4) is 0 Å². The van der Waals surface area contributed by atoms with Gasteiger partial charge in [-0.1, -0.05) is 36.8 Å². The van der Waals surface area contributed by atoms with Crippen LogP contribution in [0.4, 0.5) is 0 Å². The van der Waals surface area contributed by atoms with Crippen LogP contribution >= 0.6 is 0 Å². The lowest BCUT2D eigenvalue weighted by molar-refractivity contribution is -0.141. The Bertz CT molecular complexity index is 665. The lowest BCUT2D eigenvalue weighted by Gasteiger charge is -2.00. The largest absolute Gasteiger partial charge is 0.466 e. The number of hydrogen-bond acceptors (Lipinski definition) is 4. The molecule has 1 aromatic heterocycles. The van der Waals surface area contributed by atoms with Crippen LogP contribution in [0.2, 0.25) is 0 Å². The maximum Gasteiger partial charge on any atom is 0.313 e. The van der Waals surface area contributed by atoms with Gasteiger partial charge < -0.3 is 9.15 Å². The van der Waals surface area contributed by atoms with Crippen LogP contribution in [0.5, 0.6) is 0 Å². The third-order valence-electron chi connectivity index (χ3n) is 3.38. The molecule has 22 heavy (non-hydrogen) atoms. The van der Waals surface area contributed by atoms with E-state index in [1.165, 1.54) is 0 Å². The number of carbonyl (C=O) groups is 2. The van der Waals surface area contributed by atoms with E-state index < -0.39 is 5.97 Å². The fraction of sp³-hybridized carbons (Fsp3) is 0.333. The summed E-state index contributed by atoms with van der Waals surface area (Å²) in [6, 6.07) is 9.60. The first-order chi connectivity index (χ1) is 10.5. The molecular weight excluding hydrogens is 280 g/mol. The third-order valence-corrected chi connectivity index (χ3v) is 3.38. The van der Waals surface area contributed by atoms with Crippen LogP contribution in [0, 0.1) is 6.92 Å². The van der Waals surface area contributed by atoms with Crippen LogP contribution in [-0.4, -0.2) is 18.4 Å². The molecule has 0 aliphatic heterocycles. The lowest BCUT2D eigenvalue weighted by atomic mass is 10.1.